The van der Waals surface area contributed by atoms with E-state index in [-0.39, 0.29) is 11.9 Å². The molecule has 8 heteroatoms. The van der Waals surface area contributed by atoms with Gasteiger partial charge in [-0.3, -0.25) is 4.90 Å². The minimum Gasteiger partial charge on any atom is -0.462 e. The molecule has 140 valence electrons. The van der Waals surface area contributed by atoms with Crippen LogP contribution in [0.2, 0.25) is 0 Å². The van der Waals surface area contributed by atoms with Crippen LogP contribution in [-0.4, -0.2) is 58.8 Å². The Morgan fingerprint density at radius 3 is 2.62 bits per heavy atom. The monoisotopic (exact) mass is 359 g/mol. The Morgan fingerprint density at radius 1 is 1.27 bits per heavy atom. The van der Waals surface area contributed by atoms with Gasteiger partial charge in [-0.05, 0) is 19.1 Å². The largest absolute Gasteiger partial charge is 0.462 e. The van der Waals surface area contributed by atoms with E-state index in [2.05, 4.69) is 24.9 Å². The van der Waals surface area contributed by atoms with E-state index in [0.717, 1.165) is 37.8 Å². The lowest BCUT2D eigenvalue weighted by molar-refractivity contribution is 0.0526. The van der Waals surface area contributed by atoms with Gasteiger partial charge in [-0.15, -0.1) is 0 Å². The Balaban J connectivity index is 1.52. The van der Waals surface area contributed by atoms with E-state index >= 15 is 0 Å². The molecule has 1 aliphatic heterocycles. The highest BCUT2D eigenvalue weighted by Gasteiger charge is 2.21. The van der Waals surface area contributed by atoms with E-state index in [1.54, 1.807) is 19.2 Å². The van der Waals surface area contributed by atoms with Crippen molar-refractivity contribution in [1.29, 1.82) is 0 Å². The van der Waals surface area contributed by atoms with Crippen LogP contribution in [0.3, 0.4) is 0 Å². The first-order valence-corrected chi connectivity index (χ1v) is 8.99. The Kier molecular flexibility index (Phi) is 5.82. The summed E-state index contributed by atoms with van der Waals surface area (Å²) in [7, 11) is 0. The van der Waals surface area contributed by atoms with Crippen molar-refractivity contribution in [2.45, 2.75) is 33.2 Å². The number of esters is 1. The predicted octanol–water partition coefficient (Wildman–Crippen LogP) is 2.09. The third kappa shape index (κ3) is 4.37. The standard InChI is InChI=1S/C18H25N5O3/c1-4-25-18(24)14-5-6-15(19-11-14)23-9-7-22(8-10-23)12-16-20-17(13(2)3)21-26-16/h5-6,11,13H,4,7-10,12H2,1-3H3. The lowest BCUT2D eigenvalue weighted by Gasteiger charge is -2.34. The predicted molar refractivity (Wildman–Crippen MR) is 96.1 cm³/mol. The summed E-state index contributed by atoms with van der Waals surface area (Å²) in [5, 5.41) is 4.01. The molecule has 0 aromatic carbocycles. The summed E-state index contributed by atoms with van der Waals surface area (Å²) >= 11 is 0. The smallest absolute Gasteiger partial charge is 0.339 e. The van der Waals surface area contributed by atoms with E-state index in [4.69, 9.17) is 9.26 Å². The number of anilines is 1. The maximum absolute atomic E-state index is 11.7. The van der Waals surface area contributed by atoms with Gasteiger partial charge in [-0.25, -0.2) is 9.78 Å². The SMILES string of the molecule is CCOC(=O)c1ccc(N2CCN(Cc3nc(C(C)C)no3)CC2)nc1. The molecule has 0 saturated carbocycles. The second-order valence-electron chi connectivity index (χ2n) is 6.59. The van der Waals surface area contributed by atoms with Crippen LogP contribution in [0.25, 0.3) is 0 Å². The van der Waals surface area contributed by atoms with Crippen LogP contribution in [0.15, 0.2) is 22.9 Å². The van der Waals surface area contributed by atoms with E-state index in [1.807, 2.05) is 19.9 Å². The average molecular weight is 359 g/mol. The minimum atomic E-state index is -0.336. The normalized spacial score (nSPS) is 15.5. The summed E-state index contributed by atoms with van der Waals surface area (Å²) in [6.45, 7) is 10.4. The highest BCUT2D eigenvalue weighted by Crippen LogP contribution is 2.16. The molecular weight excluding hydrogens is 334 g/mol. The van der Waals surface area contributed by atoms with Crippen LogP contribution in [0, 0.1) is 0 Å². The van der Waals surface area contributed by atoms with Crippen LogP contribution >= 0.6 is 0 Å². The summed E-state index contributed by atoms with van der Waals surface area (Å²) in [6.07, 6.45) is 1.57. The van der Waals surface area contributed by atoms with E-state index in [9.17, 15) is 4.79 Å². The molecule has 1 saturated heterocycles. The number of carbonyl (C=O) groups is 1. The zero-order chi connectivity index (χ0) is 18.5. The number of hydrogen-bond acceptors (Lipinski definition) is 8. The van der Waals surface area contributed by atoms with Crippen molar-refractivity contribution in [3.8, 4) is 0 Å². The van der Waals surface area contributed by atoms with Crippen molar-refractivity contribution in [2.24, 2.45) is 0 Å². The van der Waals surface area contributed by atoms with Crippen molar-refractivity contribution < 1.29 is 14.1 Å². The Hall–Kier alpha value is -2.48. The van der Waals surface area contributed by atoms with Gasteiger partial charge in [0.25, 0.3) is 0 Å². The molecule has 0 spiro atoms. The van der Waals surface area contributed by atoms with E-state index in [1.165, 1.54) is 0 Å². The molecule has 0 aliphatic carbocycles. The number of hydrogen-bond donors (Lipinski definition) is 0. The molecule has 2 aromatic heterocycles. The van der Waals surface area contributed by atoms with Gasteiger partial charge < -0.3 is 14.2 Å². The highest BCUT2D eigenvalue weighted by atomic mass is 16.5. The summed E-state index contributed by atoms with van der Waals surface area (Å²) in [6, 6.07) is 3.63. The molecule has 3 heterocycles. The molecule has 0 atom stereocenters. The number of rotatable bonds is 6. The summed E-state index contributed by atoms with van der Waals surface area (Å²) in [4.78, 5) is 25.0. The Labute approximate surface area is 153 Å². The van der Waals surface area contributed by atoms with Gasteiger partial charge in [0.2, 0.25) is 5.89 Å². The molecule has 3 rings (SSSR count). The van der Waals surface area contributed by atoms with Crippen LogP contribution in [0.1, 0.15) is 48.8 Å². The molecule has 0 unspecified atom stereocenters. The fourth-order valence-corrected chi connectivity index (χ4v) is 2.80. The number of nitrogens with zero attached hydrogens (tertiary/aromatic N) is 5. The zero-order valence-corrected chi connectivity index (χ0v) is 15.5. The van der Waals surface area contributed by atoms with E-state index in [0.29, 0.717) is 24.6 Å². The number of piperazine rings is 1. The molecule has 26 heavy (non-hydrogen) atoms. The van der Waals surface area contributed by atoms with Crippen molar-refractivity contribution >= 4 is 11.8 Å². The fourth-order valence-electron chi connectivity index (χ4n) is 2.80. The van der Waals surface area contributed by atoms with Crippen molar-refractivity contribution in [2.75, 3.05) is 37.7 Å². The van der Waals surface area contributed by atoms with Crippen molar-refractivity contribution in [1.82, 2.24) is 20.0 Å². The van der Waals surface area contributed by atoms with Crippen LogP contribution in [0.4, 0.5) is 5.82 Å². The minimum absolute atomic E-state index is 0.271. The first-order chi connectivity index (χ1) is 12.6. The van der Waals surface area contributed by atoms with Crippen LogP contribution in [0.5, 0.6) is 0 Å². The molecule has 0 N–H and O–H groups in total. The third-order valence-corrected chi connectivity index (χ3v) is 4.31. The van der Waals surface area contributed by atoms with E-state index < -0.39 is 0 Å². The molecule has 1 aliphatic rings. The molecule has 0 radical (unpaired) electrons. The second-order valence-corrected chi connectivity index (χ2v) is 6.59. The third-order valence-electron chi connectivity index (χ3n) is 4.31. The van der Waals surface area contributed by atoms with Gasteiger partial charge in [-0.2, -0.15) is 4.98 Å². The van der Waals surface area contributed by atoms with Gasteiger partial charge in [0, 0.05) is 38.3 Å². The summed E-state index contributed by atoms with van der Waals surface area (Å²) in [5.41, 5.74) is 0.478. The van der Waals surface area contributed by atoms with Crippen molar-refractivity contribution in [3.05, 3.63) is 35.6 Å². The maximum Gasteiger partial charge on any atom is 0.339 e. The second kappa shape index (κ2) is 8.27. The van der Waals surface area contributed by atoms with Crippen LogP contribution in [-0.2, 0) is 11.3 Å². The fraction of sp³-hybridized carbons (Fsp3) is 0.556. The van der Waals surface area contributed by atoms with Gasteiger partial charge in [0.15, 0.2) is 5.82 Å². The van der Waals surface area contributed by atoms with Crippen LogP contribution < -0.4 is 4.90 Å². The van der Waals surface area contributed by atoms with Gasteiger partial charge >= 0.3 is 5.97 Å². The lowest BCUT2D eigenvalue weighted by atomic mass is 10.2. The summed E-state index contributed by atoms with van der Waals surface area (Å²) < 4.78 is 10.3. The molecule has 0 amide bonds. The van der Waals surface area contributed by atoms with Gasteiger partial charge in [-0.1, -0.05) is 19.0 Å². The topological polar surface area (TPSA) is 84.6 Å². The molecule has 0 bridgehead atoms. The first kappa shape index (κ1) is 18.3. The molecule has 1 fully saturated rings. The highest BCUT2D eigenvalue weighted by molar-refractivity contribution is 5.89. The number of aromatic nitrogens is 3. The number of ether oxygens (including phenoxy) is 1. The average Bonchev–Trinajstić information content (AvgIpc) is 3.12. The van der Waals surface area contributed by atoms with Gasteiger partial charge in [0.05, 0.1) is 18.7 Å². The summed E-state index contributed by atoms with van der Waals surface area (Å²) in [5.74, 6) is 2.23. The van der Waals surface area contributed by atoms with Gasteiger partial charge in [0.1, 0.15) is 5.82 Å². The zero-order valence-electron chi connectivity index (χ0n) is 15.5. The first-order valence-electron chi connectivity index (χ1n) is 8.99. The quantitative estimate of drug-likeness (QED) is 0.725. The Morgan fingerprint density at radius 2 is 2.04 bits per heavy atom. The Bertz CT molecular complexity index is 721. The number of pyridine rings is 1. The number of carbonyl (C=O) groups excluding carboxylic acids is 1. The molecule has 2 aromatic rings. The maximum atomic E-state index is 11.7. The van der Waals surface area contributed by atoms with Crippen molar-refractivity contribution in [3.63, 3.8) is 0 Å². The molecular formula is C18H25N5O3. The molecule has 8 nitrogen and oxygen atoms in total. The lowest BCUT2D eigenvalue weighted by Crippen LogP contribution is -2.46.